The van der Waals surface area contributed by atoms with Gasteiger partial charge >= 0.3 is 0 Å². The Balaban J connectivity index is 1.96. The second-order valence-corrected chi connectivity index (χ2v) is 8.51. The van der Waals surface area contributed by atoms with Crippen LogP contribution in [0.1, 0.15) is 32.2 Å². The molecule has 0 saturated carbocycles. The van der Waals surface area contributed by atoms with Crippen molar-refractivity contribution in [2.24, 2.45) is 5.16 Å². The molecule has 28 heavy (non-hydrogen) atoms. The summed E-state index contributed by atoms with van der Waals surface area (Å²) in [5.74, 6) is 0.841. The first kappa shape index (κ1) is 22.8. The van der Waals surface area contributed by atoms with E-state index in [2.05, 4.69) is 10.1 Å². The third-order valence-corrected chi connectivity index (χ3v) is 3.99. The van der Waals surface area contributed by atoms with Gasteiger partial charge in [0, 0.05) is 12.1 Å². The Morgan fingerprint density at radius 2 is 1.79 bits per heavy atom. The Morgan fingerprint density at radius 1 is 1.11 bits per heavy atom. The van der Waals surface area contributed by atoms with Crippen LogP contribution in [0.4, 0.5) is 0 Å². The largest absolute Gasteiger partial charge is 0.489 e. The van der Waals surface area contributed by atoms with E-state index in [-0.39, 0.29) is 23.3 Å². The Kier molecular flexibility index (Phi) is 8.38. The molecule has 1 heterocycles. The van der Waals surface area contributed by atoms with Crippen LogP contribution in [0.15, 0.2) is 40.0 Å². The van der Waals surface area contributed by atoms with Crippen LogP contribution in [0.25, 0.3) is 0 Å². The summed E-state index contributed by atoms with van der Waals surface area (Å²) in [7, 11) is 0. The fraction of sp³-hybridized carbons (Fsp3) is 0.316. The molecule has 0 aliphatic carbocycles. The molecule has 0 bridgehead atoms. The summed E-state index contributed by atoms with van der Waals surface area (Å²) in [6.07, 6.45) is 3.11. The number of nitrogens with one attached hydrogen (secondary N) is 1. The first-order valence-corrected chi connectivity index (χ1v) is 9.80. The lowest BCUT2D eigenvalue weighted by Gasteiger charge is -2.14. The Morgan fingerprint density at radius 3 is 2.39 bits per heavy atom. The normalized spacial score (nSPS) is 11.5. The molecule has 0 atom stereocenters. The van der Waals surface area contributed by atoms with E-state index in [1.807, 2.05) is 32.9 Å². The smallest absolute Gasteiger partial charge is 0.157 e. The highest BCUT2D eigenvalue weighted by Gasteiger charge is 2.12. The predicted octanol–water partition coefficient (Wildman–Crippen LogP) is 6.75. The van der Waals surface area contributed by atoms with Gasteiger partial charge in [0.1, 0.15) is 29.1 Å². The summed E-state index contributed by atoms with van der Waals surface area (Å²) < 4.78 is 11.3. The minimum atomic E-state index is -0.342. The average molecular weight is 466 g/mol. The highest BCUT2D eigenvalue weighted by Crippen LogP contribution is 2.37. The number of aromatic nitrogens is 1. The highest BCUT2D eigenvalue weighted by molar-refractivity contribution is 6.55. The van der Waals surface area contributed by atoms with Crippen LogP contribution in [-0.2, 0) is 11.4 Å². The van der Waals surface area contributed by atoms with Crippen LogP contribution in [0.2, 0.25) is 10.0 Å². The molecule has 0 aliphatic rings. The predicted molar refractivity (Wildman–Crippen MR) is 115 cm³/mol. The number of ether oxygens (including phenoxy) is 2. The number of halogens is 4. The van der Waals surface area contributed by atoms with Gasteiger partial charge in [0.25, 0.3) is 0 Å². The van der Waals surface area contributed by atoms with E-state index in [0.717, 1.165) is 11.4 Å². The Bertz CT molecular complexity index is 830. The van der Waals surface area contributed by atoms with Gasteiger partial charge in [-0.3, -0.25) is 0 Å². The van der Waals surface area contributed by atoms with Gasteiger partial charge in [0.2, 0.25) is 0 Å². The fourth-order valence-corrected chi connectivity index (χ4v) is 2.67. The number of H-pyrrole nitrogens is 1. The van der Waals surface area contributed by atoms with Crippen LogP contribution in [0.5, 0.6) is 11.5 Å². The van der Waals surface area contributed by atoms with E-state index < -0.39 is 0 Å². The molecule has 0 aliphatic heterocycles. The Labute approximate surface area is 184 Å². The monoisotopic (exact) mass is 464 g/mol. The molecule has 1 N–H and O–H groups in total. The van der Waals surface area contributed by atoms with Gasteiger partial charge in [-0.25, -0.2) is 0 Å². The second-order valence-electron chi connectivity index (χ2n) is 6.69. The molecule has 5 nitrogen and oxygen atoms in total. The average Bonchev–Trinajstić information content (AvgIpc) is 3.00. The van der Waals surface area contributed by atoms with Crippen LogP contribution in [0, 0.1) is 0 Å². The number of nitrogens with zero attached hydrogens (tertiary/aromatic N) is 1. The summed E-state index contributed by atoms with van der Waals surface area (Å²) in [5, 5.41) is 4.60. The number of benzene rings is 1. The second kappa shape index (κ2) is 10.3. The molecular weight excluding hydrogens is 446 g/mol. The van der Waals surface area contributed by atoms with Crippen molar-refractivity contribution in [3.05, 3.63) is 56.3 Å². The van der Waals surface area contributed by atoms with Gasteiger partial charge in [0.15, 0.2) is 5.75 Å². The maximum Gasteiger partial charge on any atom is 0.157 e. The standard InChI is InChI=1S/C19H20Cl4N2O3/c1-19(2,3)28-24-10-12-4-5-13(25-12)11-27-18-15(20)8-14(9-16(18)21)26-7-6-17(22)23/h4-6,8-10,25H,7,11H2,1-3H3. The summed E-state index contributed by atoms with van der Waals surface area (Å²) in [6, 6.07) is 6.95. The molecule has 9 heteroatoms. The van der Waals surface area contributed by atoms with Gasteiger partial charge in [-0.2, -0.15) is 0 Å². The van der Waals surface area contributed by atoms with E-state index >= 15 is 0 Å². The fourth-order valence-electron chi connectivity index (χ4n) is 1.97. The zero-order valence-corrected chi connectivity index (χ0v) is 18.6. The van der Waals surface area contributed by atoms with E-state index in [4.69, 9.17) is 60.7 Å². The molecule has 1 aromatic carbocycles. The van der Waals surface area contributed by atoms with E-state index in [1.54, 1.807) is 18.3 Å². The summed E-state index contributed by atoms with van der Waals surface area (Å²) in [6.45, 7) is 6.21. The lowest BCUT2D eigenvalue weighted by Crippen LogP contribution is -2.15. The summed E-state index contributed by atoms with van der Waals surface area (Å²) in [5.41, 5.74) is 1.27. The lowest BCUT2D eigenvalue weighted by atomic mass is 10.2. The number of aromatic amines is 1. The number of hydrogen-bond donors (Lipinski definition) is 1. The van der Waals surface area contributed by atoms with Crippen LogP contribution in [0.3, 0.4) is 0 Å². The Hall–Kier alpha value is -1.53. The van der Waals surface area contributed by atoms with Crippen molar-refractivity contribution >= 4 is 52.6 Å². The molecule has 0 spiro atoms. The summed E-state index contributed by atoms with van der Waals surface area (Å²) >= 11 is 23.6. The third kappa shape index (κ3) is 7.84. The molecule has 2 aromatic rings. The number of oxime groups is 1. The van der Waals surface area contributed by atoms with E-state index in [0.29, 0.717) is 21.5 Å². The zero-order chi connectivity index (χ0) is 20.7. The van der Waals surface area contributed by atoms with E-state index in [1.165, 1.54) is 6.08 Å². The quantitative estimate of drug-likeness (QED) is 0.346. The molecule has 0 fully saturated rings. The van der Waals surface area contributed by atoms with Crippen molar-refractivity contribution in [3.63, 3.8) is 0 Å². The van der Waals surface area contributed by atoms with Crippen molar-refractivity contribution in [3.8, 4) is 11.5 Å². The van der Waals surface area contributed by atoms with Gasteiger partial charge in [-0.1, -0.05) is 51.6 Å². The maximum absolute atomic E-state index is 6.25. The van der Waals surface area contributed by atoms with Crippen molar-refractivity contribution in [1.82, 2.24) is 4.98 Å². The number of rotatable bonds is 8. The van der Waals surface area contributed by atoms with Crippen LogP contribution >= 0.6 is 46.4 Å². The molecule has 0 saturated heterocycles. The highest BCUT2D eigenvalue weighted by atomic mass is 35.5. The first-order valence-electron chi connectivity index (χ1n) is 8.29. The zero-order valence-electron chi connectivity index (χ0n) is 15.6. The third-order valence-electron chi connectivity index (χ3n) is 3.12. The first-order chi connectivity index (χ1) is 13.1. The minimum absolute atomic E-state index is 0.123. The molecule has 1 aromatic heterocycles. The molecule has 0 radical (unpaired) electrons. The van der Waals surface area contributed by atoms with Gasteiger partial charge in [-0.15, -0.1) is 0 Å². The van der Waals surface area contributed by atoms with Gasteiger partial charge in [0.05, 0.1) is 27.6 Å². The van der Waals surface area contributed by atoms with E-state index in [9.17, 15) is 0 Å². The molecule has 152 valence electrons. The minimum Gasteiger partial charge on any atom is -0.489 e. The molecule has 0 amide bonds. The van der Waals surface area contributed by atoms with Crippen molar-refractivity contribution in [2.45, 2.75) is 33.0 Å². The SMILES string of the molecule is CC(C)(C)ON=Cc1ccc(COc2c(Cl)cc(OCC=C(Cl)Cl)cc2Cl)[nH]1. The van der Waals surface area contributed by atoms with Crippen molar-refractivity contribution < 1.29 is 14.3 Å². The molecule has 0 unspecified atom stereocenters. The number of hydrogen-bond acceptors (Lipinski definition) is 4. The van der Waals surface area contributed by atoms with Crippen molar-refractivity contribution in [1.29, 1.82) is 0 Å². The van der Waals surface area contributed by atoms with Crippen LogP contribution < -0.4 is 9.47 Å². The maximum atomic E-state index is 6.25. The summed E-state index contributed by atoms with van der Waals surface area (Å²) in [4.78, 5) is 8.47. The molecular formula is C19H20Cl4N2O3. The van der Waals surface area contributed by atoms with Crippen molar-refractivity contribution in [2.75, 3.05) is 6.61 Å². The molecule has 2 rings (SSSR count). The lowest BCUT2D eigenvalue weighted by molar-refractivity contribution is 0.00196. The van der Waals surface area contributed by atoms with Gasteiger partial charge < -0.3 is 19.3 Å². The van der Waals surface area contributed by atoms with Crippen LogP contribution in [-0.4, -0.2) is 23.4 Å². The van der Waals surface area contributed by atoms with Gasteiger partial charge in [-0.05, 0) is 39.0 Å². The topological polar surface area (TPSA) is 55.8 Å².